The minimum absolute atomic E-state index is 0.287. The molecular weight excluding hydrogens is 289 g/mol. The van der Waals surface area contributed by atoms with Crippen molar-refractivity contribution in [1.82, 2.24) is 4.98 Å². The van der Waals surface area contributed by atoms with Gasteiger partial charge in [-0.05, 0) is 30.3 Å². The van der Waals surface area contributed by atoms with E-state index in [0.717, 1.165) is 20.7 Å². The number of nitrogens with one attached hydrogen (secondary N) is 1. The molecule has 3 rings (SSSR count). The van der Waals surface area contributed by atoms with Crippen LogP contribution in [0, 0.1) is 5.82 Å². The predicted molar refractivity (Wildman–Crippen MR) is 80.2 cm³/mol. The van der Waals surface area contributed by atoms with E-state index in [1.807, 2.05) is 18.3 Å². The van der Waals surface area contributed by atoms with Gasteiger partial charge in [-0.3, -0.25) is 0 Å². The van der Waals surface area contributed by atoms with Crippen LogP contribution >= 0.6 is 11.8 Å². The van der Waals surface area contributed by atoms with Gasteiger partial charge in [0.1, 0.15) is 5.82 Å². The van der Waals surface area contributed by atoms with Crippen molar-refractivity contribution >= 4 is 28.6 Å². The lowest BCUT2D eigenvalue weighted by Crippen LogP contribution is -2.02. The summed E-state index contributed by atoms with van der Waals surface area (Å²) >= 11 is 1.40. The van der Waals surface area contributed by atoms with Crippen LogP contribution in [0.15, 0.2) is 58.5 Å². The van der Waals surface area contributed by atoms with E-state index in [9.17, 15) is 9.18 Å². The Morgan fingerprint density at radius 2 is 2.00 bits per heavy atom. The van der Waals surface area contributed by atoms with E-state index in [1.165, 1.54) is 31.0 Å². The van der Waals surface area contributed by atoms with Gasteiger partial charge in [-0.15, -0.1) is 0 Å². The molecule has 0 radical (unpaired) electrons. The summed E-state index contributed by atoms with van der Waals surface area (Å²) in [4.78, 5) is 16.5. The molecule has 0 atom stereocenters. The van der Waals surface area contributed by atoms with Crippen molar-refractivity contribution in [1.29, 1.82) is 0 Å². The molecule has 1 N–H and O–H groups in total. The summed E-state index contributed by atoms with van der Waals surface area (Å²) in [6.07, 6.45) is 1.81. The molecule has 1 aromatic heterocycles. The smallest absolute Gasteiger partial charge is 0.339 e. The third-order valence-corrected chi connectivity index (χ3v) is 4.25. The quantitative estimate of drug-likeness (QED) is 0.736. The van der Waals surface area contributed by atoms with E-state index in [2.05, 4.69) is 4.98 Å². The topological polar surface area (TPSA) is 42.1 Å². The highest BCUT2D eigenvalue weighted by molar-refractivity contribution is 7.99. The van der Waals surface area contributed by atoms with Crippen LogP contribution in [-0.2, 0) is 4.74 Å². The molecule has 0 aliphatic carbocycles. The van der Waals surface area contributed by atoms with Gasteiger partial charge >= 0.3 is 5.97 Å². The first kappa shape index (κ1) is 13.7. The van der Waals surface area contributed by atoms with Crippen LogP contribution in [0.1, 0.15) is 10.4 Å². The van der Waals surface area contributed by atoms with Crippen molar-refractivity contribution in [3.05, 3.63) is 60.0 Å². The molecule has 0 bridgehead atoms. The van der Waals surface area contributed by atoms with E-state index in [-0.39, 0.29) is 11.8 Å². The molecule has 0 saturated heterocycles. The Bertz CT molecular complexity index is 813. The molecule has 106 valence electrons. The van der Waals surface area contributed by atoms with Crippen LogP contribution in [0.5, 0.6) is 0 Å². The fraction of sp³-hybridized carbons (Fsp3) is 0.0625. The zero-order valence-electron chi connectivity index (χ0n) is 11.2. The average Bonchev–Trinajstić information content (AvgIpc) is 2.89. The fourth-order valence-corrected chi connectivity index (χ4v) is 3.15. The number of methoxy groups -OCH3 is 1. The Morgan fingerprint density at radius 3 is 2.81 bits per heavy atom. The number of carbonyl (C=O) groups excluding carboxylic acids is 1. The summed E-state index contributed by atoms with van der Waals surface area (Å²) < 4.78 is 18.2. The number of ether oxygens (including phenoxy) is 1. The second kappa shape index (κ2) is 5.61. The largest absolute Gasteiger partial charge is 0.465 e. The van der Waals surface area contributed by atoms with Gasteiger partial charge in [0.2, 0.25) is 0 Å². The number of H-pyrrole nitrogens is 1. The van der Waals surface area contributed by atoms with Crippen LogP contribution in [-0.4, -0.2) is 18.1 Å². The van der Waals surface area contributed by atoms with E-state index >= 15 is 0 Å². The Balaban J connectivity index is 2.03. The third kappa shape index (κ3) is 2.64. The van der Waals surface area contributed by atoms with Crippen molar-refractivity contribution in [2.75, 3.05) is 7.11 Å². The predicted octanol–water partition coefficient (Wildman–Crippen LogP) is 4.24. The lowest BCUT2D eigenvalue weighted by molar-refractivity contribution is 0.0597. The SMILES string of the molecule is COC(=O)c1ccccc1Sc1c[nH]c2ccc(F)cc12. The van der Waals surface area contributed by atoms with Crippen molar-refractivity contribution in [3.8, 4) is 0 Å². The van der Waals surface area contributed by atoms with Crippen molar-refractivity contribution < 1.29 is 13.9 Å². The number of aromatic nitrogens is 1. The van der Waals surface area contributed by atoms with E-state index in [4.69, 9.17) is 4.74 Å². The number of aromatic amines is 1. The van der Waals surface area contributed by atoms with Crippen LogP contribution in [0.2, 0.25) is 0 Å². The molecule has 0 saturated carbocycles. The maximum atomic E-state index is 13.4. The second-order valence-corrected chi connectivity index (χ2v) is 5.52. The Hall–Kier alpha value is -2.27. The van der Waals surface area contributed by atoms with Crippen LogP contribution < -0.4 is 0 Å². The van der Waals surface area contributed by atoms with Crippen LogP contribution in [0.3, 0.4) is 0 Å². The monoisotopic (exact) mass is 301 g/mol. The molecule has 0 unspecified atom stereocenters. The summed E-state index contributed by atoms with van der Waals surface area (Å²) in [5.74, 6) is -0.672. The van der Waals surface area contributed by atoms with Crippen LogP contribution in [0.4, 0.5) is 4.39 Å². The Labute approximate surface area is 125 Å². The van der Waals surface area contributed by atoms with E-state index in [1.54, 1.807) is 18.2 Å². The third-order valence-electron chi connectivity index (χ3n) is 3.12. The van der Waals surface area contributed by atoms with Crippen LogP contribution in [0.25, 0.3) is 10.9 Å². The summed E-state index contributed by atoms with van der Waals surface area (Å²) in [5.41, 5.74) is 1.35. The summed E-state index contributed by atoms with van der Waals surface area (Å²) in [7, 11) is 1.35. The van der Waals surface area contributed by atoms with E-state index in [0.29, 0.717) is 5.56 Å². The zero-order valence-corrected chi connectivity index (χ0v) is 12.0. The molecule has 0 spiro atoms. The van der Waals surface area contributed by atoms with Crippen molar-refractivity contribution in [3.63, 3.8) is 0 Å². The lowest BCUT2D eigenvalue weighted by atomic mass is 10.2. The fourth-order valence-electron chi connectivity index (χ4n) is 2.10. The minimum Gasteiger partial charge on any atom is -0.465 e. The molecule has 21 heavy (non-hydrogen) atoms. The number of rotatable bonds is 3. The van der Waals surface area contributed by atoms with Gasteiger partial charge < -0.3 is 9.72 Å². The van der Waals surface area contributed by atoms with Gasteiger partial charge in [0.15, 0.2) is 0 Å². The van der Waals surface area contributed by atoms with Gasteiger partial charge in [0.05, 0.1) is 12.7 Å². The van der Waals surface area contributed by atoms with Gasteiger partial charge in [0.25, 0.3) is 0 Å². The van der Waals surface area contributed by atoms with Gasteiger partial charge in [-0.1, -0.05) is 23.9 Å². The first-order valence-corrected chi connectivity index (χ1v) is 7.12. The van der Waals surface area contributed by atoms with Gasteiger partial charge in [-0.25, -0.2) is 9.18 Å². The standard InChI is InChI=1S/C16H12FNO2S/c1-20-16(19)11-4-2-3-5-14(11)21-15-9-18-13-7-6-10(17)8-12(13)15/h2-9,18H,1H3. The van der Waals surface area contributed by atoms with Gasteiger partial charge in [0, 0.05) is 26.9 Å². The Morgan fingerprint density at radius 1 is 1.19 bits per heavy atom. The van der Waals surface area contributed by atoms with Crippen molar-refractivity contribution in [2.45, 2.75) is 9.79 Å². The maximum absolute atomic E-state index is 13.4. The molecular formula is C16H12FNO2S. The molecule has 0 fully saturated rings. The summed E-state index contributed by atoms with van der Waals surface area (Å²) in [5, 5.41) is 0.791. The summed E-state index contributed by atoms with van der Waals surface area (Å²) in [6, 6.07) is 11.8. The minimum atomic E-state index is -0.385. The molecule has 0 amide bonds. The zero-order chi connectivity index (χ0) is 14.8. The first-order valence-electron chi connectivity index (χ1n) is 6.31. The maximum Gasteiger partial charge on any atom is 0.339 e. The number of carbonyl (C=O) groups is 1. The highest BCUT2D eigenvalue weighted by atomic mass is 32.2. The Kier molecular flexibility index (Phi) is 3.66. The molecule has 3 aromatic rings. The number of fused-ring (bicyclic) bond motifs is 1. The molecule has 2 aromatic carbocycles. The number of hydrogen-bond donors (Lipinski definition) is 1. The number of benzene rings is 2. The molecule has 1 heterocycles. The lowest BCUT2D eigenvalue weighted by Gasteiger charge is -2.06. The van der Waals surface area contributed by atoms with Crippen molar-refractivity contribution in [2.24, 2.45) is 0 Å². The molecule has 3 nitrogen and oxygen atoms in total. The number of esters is 1. The van der Waals surface area contributed by atoms with Gasteiger partial charge in [-0.2, -0.15) is 0 Å². The summed E-state index contributed by atoms with van der Waals surface area (Å²) in [6.45, 7) is 0. The molecule has 5 heteroatoms. The normalized spacial score (nSPS) is 10.8. The number of halogens is 1. The highest BCUT2D eigenvalue weighted by Crippen LogP contribution is 2.35. The molecule has 0 aliphatic rings. The average molecular weight is 301 g/mol. The molecule has 0 aliphatic heterocycles. The van der Waals surface area contributed by atoms with E-state index < -0.39 is 0 Å². The highest BCUT2D eigenvalue weighted by Gasteiger charge is 2.14. The second-order valence-electron chi connectivity index (χ2n) is 4.43. The first-order chi connectivity index (χ1) is 10.2. The number of hydrogen-bond acceptors (Lipinski definition) is 3.